The molecule has 22 heavy (non-hydrogen) atoms. The molecule has 0 saturated carbocycles. The van der Waals surface area contributed by atoms with Crippen LogP contribution >= 0.6 is 0 Å². The molecule has 0 heterocycles. The van der Waals surface area contributed by atoms with E-state index in [2.05, 4.69) is 4.74 Å². The third kappa shape index (κ3) is 3.67. The Hall–Kier alpha value is -2.75. The molecule has 0 unspecified atom stereocenters. The van der Waals surface area contributed by atoms with E-state index in [0.717, 1.165) is 5.56 Å². The van der Waals surface area contributed by atoms with Gasteiger partial charge in [0.05, 0.1) is 19.1 Å². The maximum absolute atomic E-state index is 12.1. The molecule has 0 saturated heterocycles. The van der Waals surface area contributed by atoms with Crippen LogP contribution in [0.2, 0.25) is 0 Å². The highest BCUT2D eigenvalue weighted by Gasteiger charge is 2.14. The molecular weight excluding hydrogens is 280 g/mol. The Morgan fingerprint density at radius 2 is 1.18 bits per heavy atom. The molecule has 0 bridgehead atoms. The third-order valence-electron chi connectivity index (χ3n) is 3.32. The predicted octanol–water partition coefficient (Wildman–Crippen LogP) is 3.24. The minimum Gasteiger partial charge on any atom is -0.465 e. The molecule has 0 N–H and O–H groups in total. The summed E-state index contributed by atoms with van der Waals surface area (Å²) in [6.45, 7) is 1.93. The monoisotopic (exact) mass is 296 g/mol. The first-order chi connectivity index (χ1) is 10.5. The van der Waals surface area contributed by atoms with Gasteiger partial charge >= 0.3 is 5.97 Å². The number of carbonyl (C=O) groups is 3. The second kappa shape index (κ2) is 6.80. The van der Waals surface area contributed by atoms with Gasteiger partial charge in [-0.15, -0.1) is 0 Å². The summed E-state index contributed by atoms with van der Waals surface area (Å²) in [5.74, 6) is -0.959. The maximum atomic E-state index is 12.1. The number of esters is 1. The minimum absolute atomic E-state index is 0.194. The van der Waals surface area contributed by atoms with Crippen LogP contribution in [-0.2, 0) is 4.74 Å². The van der Waals surface area contributed by atoms with Crippen LogP contribution in [0, 0.1) is 6.92 Å². The molecule has 2 aromatic rings. The average Bonchev–Trinajstić information content (AvgIpc) is 2.54. The predicted molar refractivity (Wildman–Crippen MR) is 82.2 cm³/mol. The summed E-state index contributed by atoms with van der Waals surface area (Å²) in [5, 5.41) is 0. The summed E-state index contributed by atoms with van der Waals surface area (Å²) in [6, 6.07) is 13.2. The van der Waals surface area contributed by atoms with Crippen LogP contribution < -0.4 is 0 Å². The van der Waals surface area contributed by atoms with Crippen molar-refractivity contribution in [3.8, 4) is 0 Å². The van der Waals surface area contributed by atoms with Gasteiger partial charge in [0.2, 0.25) is 0 Å². The van der Waals surface area contributed by atoms with Gasteiger partial charge in [-0.1, -0.05) is 42.0 Å². The lowest BCUT2D eigenvalue weighted by molar-refractivity contribution is 0.0600. The van der Waals surface area contributed by atoms with E-state index in [0.29, 0.717) is 16.7 Å². The molecule has 2 aromatic carbocycles. The fraction of sp³-hybridized carbons (Fsp3) is 0.167. The number of rotatable bonds is 5. The van der Waals surface area contributed by atoms with Crippen LogP contribution in [0.4, 0.5) is 0 Å². The molecule has 0 atom stereocenters. The number of hydrogen-bond acceptors (Lipinski definition) is 4. The van der Waals surface area contributed by atoms with E-state index in [1.54, 1.807) is 12.1 Å². The lowest BCUT2D eigenvalue weighted by atomic mass is 10.00. The summed E-state index contributed by atoms with van der Waals surface area (Å²) in [5.41, 5.74) is 2.34. The Morgan fingerprint density at radius 3 is 1.64 bits per heavy atom. The largest absolute Gasteiger partial charge is 0.465 e. The van der Waals surface area contributed by atoms with Crippen molar-refractivity contribution in [1.29, 1.82) is 0 Å². The molecule has 0 aliphatic heterocycles. The first kappa shape index (κ1) is 15.6. The topological polar surface area (TPSA) is 60.4 Å². The van der Waals surface area contributed by atoms with E-state index in [-0.39, 0.29) is 18.0 Å². The molecule has 0 aliphatic carbocycles. The van der Waals surface area contributed by atoms with Crippen molar-refractivity contribution in [3.05, 3.63) is 70.8 Å². The summed E-state index contributed by atoms with van der Waals surface area (Å²) in [7, 11) is 1.29. The summed E-state index contributed by atoms with van der Waals surface area (Å²) >= 11 is 0. The van der Waals surface area contributed by atoms with Crippen molar-refractivity contribution in [3.63, 3.8) is 0 Å². The molecule has 0 aliphatic rings. The number of ketones is 2. The highest BCUT2D eigenvalue weighted by Crippen LogP contribution is 2.12. The first-order valence-corrected chi connectivity index (χ1v) is 6.82. The number of aryl methyl sites for hydroxylation is 1. The van der Waals surface area contributed by atoms with E-state index in [1.165, 1.54) is 31.4 Å². The number of methoxy groups -OCH3 is 1. The highest BCUT2D eigenvalue weighted by molar-refractivity contribution is 6.13. The second-order valence-corrected chi connectivity index (χ2v) is 4.96. The van der Waals surface area contributed by atoms with Crippen LogP contribution in [0.25, 0.3) is 0 Å². The summed E-state index contributed by atoms with van der Waals surface area (Å²) in [4.78, 5) is 35.5. The Labute approximate surface area is 128 Å². The molecule has 0 spiro atoms. The van der Waals surface area contributed by atoms with Crippen LogP contribution in [0.5, 0.6) is 0 Å². The van der Waals surface area contributed by atoms with Gasteiger partial charge in [-0.25, -0.2) is 4.79 Å². The standard InChI is InChI=1S/C18H16O4/c1-12-3-5-13(6-4-12)16(19)11-17(20)14-7-9-15(10-8-14)18(21)22-2/h3-10H,11H2,1-2H3. The molecule has 112 valence electrons. The zero-order valence-corrected chi connectivity index (χ0v) is 12.5. The fourth-order valence-electron chi connectivity index (χ4n) is 2.00. The average molecular weight is 296 g/mol. The van der Waals surface area contributed by atoms with Crippen LogP contribution in [-0.4, -0.2) is 24.6 Å². The third-order valence-corrected chi connectivity index (χ3v) is 3.32. The van der Waals surface area contributed by atoms with Gasteiger partial charge in [-0.05, 0) is 19.1 Å². The fourth-order valence-corrected chi connectivity index (χ4v) is 2.00. The number of Topliss-reactive ketones (excluding diaryl/α,β-unsaturated/α-hetero) is 2. The van der Waals surface area contributed by atoms with Crippen LogP contribution in [0.1, 0.15) is 43.1 Å². The van der Waals surface area contributed by atoms with E-state index in [9.17, 15) is 14.4 Å². The van der Waals surface area contributed by atoms with Gasteiger partial charge in [0.25, 0.3) is 0 Å². The molecule has 4 heteroatoms. The van der Waals surface area contributed by atoms with Crippen molar-refractivity contribution in [2.45, 2.75) is 13.3 Å². The molecular formula is C18H16O4. The van der Waals surface area contributed by atoms with Crippen molar-refractivity contribution in [1.82, 2.24) is 0 Å². The Kier molecular flexibility index (Phi) is 4.84. The van der Waals surface area contributed by atoms with Gasteiger partial charge in [0.15, 0.2) is 11.6 Å². The van der Waals surface area contributed by atoms with Crippen molar-refractivity contribution in [2.24, 2.45) is 0 Å². The Balaban J connectivity index is 2.07. The number of benzene rings is 2. The Morgan fingerprint density at radius 1 is 0.773 bits per heavy atom. The molecule has 0 radical (unpaired) electrons. The van der Waals surface area contributed by atoms with Crippen molar-refractivity contribution < 1.29 is 19.1 Å². The molecule has 0 aromatic heterocycles. The number of carbonyl (C=O) groups excluding carboxylic acids is 3. The van der Waals surface area contributed by atoms with E-state index in [1.807, 2.05) is 19.1 Å². The van der Waals surface area contributed by atoms with Crippen molar-refractivity contribution in [2.75, 3.05) is 7.11 Å². The van der Waals surface area contributed by atoms with E-state index >= 15 is 0 Å². The molecule has 0 amide bonds. The molecule has 0 fully saturated rings. The van der Waals surface area contributed by atoms with Gasteiger partial charge in [0.1, 0.15) is 0 Å². The lowest BCUT2D eigenvalue weighted by Crippen LogP contribution is -2.09. The van der Waals surface area contributed by atoms with E-state index < -0.39 is 5.97 Å². The first-order valence-electron chi connectivity index (χ1n) is 6.82. The second-order valence-electron chi connectivity index (χ2n) is 4.96. The zero-order valence-electron chi connectivity index (χ0n) is 12.5. The zero-order chi connectivity index (χ0) is 16.1. The van der Waals surface area contributed by atoms with Gasteiger partial charge in [-0.2, -0.15) is 0 Å². The van der Waals surface area contributed by atoms with Crippen LogP contribution in [0.3, 0.4) is 0 Å². The van der Waals surface area contributed by atoms with Crippen LogP contribution in [0.15, 0.2) is 48.5 Å². The quantitative estimate of drug-likeness (QED) is 0.483. The number of hydrogen-bond donors (Lipinski definition) is 0. The van der Waals surface area contributed by atoms with Crippen molar-refractivity contribution >= 4 is 17.5 Å². The minimum atomic E-state index is -0.463. The van der Waals surface area contributed by atoms with E-state index in [4.69, 9.17) is 0 Å². The lowest BCUT2D eigenvalue weighted by Gasteiger charge is -2.03. The Bertz CT molecular complexity index is 697. The van der Waals surface area contributed by atoms with Gasteiger partial charge in [0, 0.05) is 11.1 Å². The summed E-state index contributed by atoms with van der Waals surface area (Å²) < 4.78 is 4.59. The SMILES string of the molecule is COC(=O)c1ccc(C(=O)CC(=O)c2ccc(C)cc2)cc1. The molecule has 4 nitrogen and oxygen atoms in total. The highest BCUT2D eigenvalue weighted by atomic mass is 16.5. The summed E-state index contributed by atoms with van der Waals surface area (Å²) in [6.07, 6.45) is -0.194. The van der Waals surface area contributed by atoms with Gasteiger partial charge in [-0.3, -0.25) is 9.59 Å². The molecule has 2 rings (SSSR count). The smallest absolute Gasteiger partial charge is 0.337 e. The normalized spacial score (nSPS) is 10.1. The van der Waals surface area contributed by atoms with Gasteiger partial charge < -0.3 is 4.74 Å². The number of ether oxygens (including phenoxy) is 1. The maximum Gasteiger partial charge on any atom is 0.337 e.